The summed E-state index contributed by atoms with van der Waals surface area (Å²) in [6.45, 7) is 0. The molecule has 0 fully saturated rings. The average molecular weight is 294 g/mol. The molecule has 4 heteroatoms. The fraction of sp³-hybridized carbons (Fsp3) is 0.200. The van der Waals surface area contributed by atoms with Crippen molar-refractivity contribution in [1.29, 1.82) is 0 Å². The number of hydrogen-bond acceptors (Lipinski definition) is 2. The van der Waals surface area contributed by atoms with E-state index in [4.69, 9.17) is 33.7 Å². The molecule has 2 aromatic rings. The summed E-state index contributed by atoms with van der Waals surface area (Å²) < 4.78 is 6.00. The SMILES string of the molecule is N[C@@H]1CC(c2ccc(Cl)cc2)Oc2ccc(Cl)cc21. The molecule has 1 aliphatic heterocycles. The first kappa shape index (κ1) is 12.8. The molecule has 2 atom stereocenters. The molecule has 2 aromatic carbocycles. The van der Waals surface area contributed by atoms with Gasteiger partial charge in [0.2, 0.25) is 0 Å². The van der Waals surface area contributed by atoms with Crippen LogP contribution in [0.2, 0.25) is 10.0 Å². The van der Waals surface area contributed by atoms with Crippen LogP contribution in [0.4, 0.5) is 0 Å². The Labute approximate surface area is 122 Å². The molecule has 3 rings (SSSR count). The van der Waals surface area contributed by atoms with Crippen LogP contribution < -0.4 is 10.5 Å². The second-order valence-corrected chi connectivity index (χ2v) is 5.56. The standard InChI is InChI=1S/C15H13Cl2NO/c16-10-3-1-9(2-4-10)15-8-13(18)12-7-11(17)5-6-14(12)19-15/h1-7,13,15H,8,18H2/t13-,15?/m1/s1. The third kappa shape index (κ3) is 2.57. The smallest absolute Gasteiger partial charge is 0.126 e. The van der Waals surface area contributed by atoms with Crippen molar-refractivity contribution in [3.8, 4) is 5.75 Å². The zero-order valence-corrected chi connectivity index (χ0v) is 11.7. The largest absolute Gasteiger partial charge is 0.485 e. The third-order valence-corrected chi connectivity index (χ3v) is 3.84. The Hall–Kier alpha value is -1.22. The van der Waals surface area contributed by atoms with Crippen molar-refractivity contribution in [2.24, 2.45) is 5.73 Å². The summed E-state index contributed by atoms with van der Waals surface area (Å²) in [4.78, 5) is 0. The summed E-state index contributed by atoms with van der Waals surface area (Å²) in [5, 5.41) is 1.40. The summed E-state index contributed by atoms with van der Waals surface area (Å²) in [7, 11) is 0. The van der Waals surface area contributed by atoms with Gasteiger partial charge in [-0.2, -0.15) is 0 Å². The van der Waals surface area contributed by atoms with Gasteiger partial charge in [-0.3, -0.25) is 0 Å². The summed E-state index contributed by atoms with van der Waals surface area (Å²) in [6, 6.07) is 13.2. The maximum absolute atomic E-state index is 6.21. The maximum Gasteiger partial charge on any atom is 0.126 e. The minimum Gasteiger partial charge on any atom is -0.485 e. The van der Waals surface area contributed by atoms with Crippen LogP contribution in [0.1, 0.15) is 29.7 Å². The molecule has 1 aliphatic rings. The van der Waals surface area contributed by atoms with Gasteiger partial charge >= 0.3 is 0 Å². The van der Waals surface area contributed by atoms with E-state index < -0.39 is 0 Å². The molecule has 2 nitrogen and oxygen atoms in total. The topological polar surface area (TPSA) is 35.2 Å². The van der Waals surface area contributed by atoms with Crippen molar-refractivity contribution in [2.75, 3.05) is 0 Å². The Morgan fingerprint density at radius 1 is 1.00 bits per heavy atom. The Morgan fingerprint density at radius 3 is 2.42 bits per heavy atom. The molecule has 0 radical (unpaired) electrons. The first-order valence-corrected chi connectivity index (χ1v) is 6.86. The normalized spacial score (nSPS) is 21.6. The van der Waals surface area contributed by atoms with Crippen molar-refractivity contribution in [3.63, 3.8) is 0 Å². The molecule has 1 heterocycles. The lowest BCUT2D eigenvalue weighted by Gasteiger charge is -2.30. The number of hydrogen-bond donors (Lipinski definition) is 1. The molecule has 0 aromatic heterocycles. The lowest BCUT2D eigenvalue weighted by atomic mass is 9.94. The molecule has 0 bridgehead atoms. The molecule has 0 aliphatic carbocycles. The van der Waals surface area contributed by atoms with Crippen molar-refractivity contribution in [2.45, 2.75) is 18.6 Å². The molecule has 98 valence electrons. The Morgan fingerprint density at radius 2 is 1.68 bits per heavy atom. The fourth-order valence-electron chi connectivity index (χ4n) is 2.36. The quantitative estimate of drug-likeness (QED) is 0.839. The van der Waals surface area contributed by atoms with Crippen LogP contribution >= 0.6 is 23.2 Å². The number of rotatable bonds is 1. The molecule has 19 heavy (non-hydrogen) atoms. The molecule has 2 N–H and O–H groups in total. The number of benzene rings is 2. The average Bonchev–Trinajstić information content (AvgIpc) is 2.40. The summed E-state index contributed by atoms with van der Waals surface area (Å²) in [6.07, 6.45) is 0.690. The molecular weight excluding hydrogens is 281 g/mol. The van der Waals surface area contributed by atoms with E-state index in [-0.39, 0.29) is 12.1 Å². The van der Waals surface area contributed by atoms with E-state index in [1.165, 1.54) is 0 Å². The number of fused-ring (bicyclic) bond motifs is 1. The van der Waals surface area contributed by atoms with Crippen LogP contribution in [0.25, 0.3) is 0 Å². The van der Waals surface area contributed by atoms with Crippen LogP contribution in [-0.4, -0.2) is 0 Å². The van der Waals surface area contributed by atoms with Crippen LogP contribution in [0.3, 0.4) is 0 Å². The fourth-order valence-corrected chi connectivity index (χ4v) is 2.66. The number of ether oxygens (including phenoxy) is 1. The second kappa shape index (κ2) is 5.04. The predicted octanol–water partition coefficient (Wildman–Crippen LogP) is 4.52. The van der Waals surface area contributed by atoms with Gasteiger partial charge in [-0.05, 0) is 35.9 Å². The van der Waals surface area contributed by atoms with Gasteiger partial charge in [0, 0.05) is 28.1 Å². The molecular formula is C15H13Cl2NO. The van der Waals surface area contributed by atoms with E-state index in [1.54, 1.807) is 0 Å². The zero-order chi connectivity index (χ0) is 13.4. The Balaban J connectivity index is 1.92. The maximum atomic E-state index is 6.21. The molecule has 0 saturated carbocycles. The van der Waals surface area contributed by atoms with Crippen LogP contribution in [0.15, 0.2) is 42.5 Å². The van der Waals surface area contributed by atoms with E-state index in [9.17, 15) is 0 Å². The highest BCUT2D eigenvalue weighted by atomic mass is 35.5. The minimum atomic E-state index is -0.0665. The lowest BCUT2D eigenvalue weighted by molar-refractivity contribution is 0.161. The van der Waals surface area contributed by atoms with Gasteiger partial charge in [0.25, 0.3) is 0 Å². The van der Waals surface area contributed by atoms with Gasteiger partial charge in [-0.1, -0.05) is 35.3 Å². The molecule has 0 saturated heterocycles. The summed E-state index contributed by atoms with van der Waals surface area (Å²) in [5.74, 6) is 0.808. The van der Waals surface area contributed by atoms with E-state index in [1.807, 2.05) is 42.5 Å². The second-order valence-electron chi connectivity index (χ2n) is 4.68. The van der Waals surface area contributed by atoms with Crippen LogP contribution in [0, 0.1) is 0 Å². The highest BCUT2D eigenvalue weighted by molar-refractivity contribution is 6.30. The van der Waals surface area contributed by atoms with Crippen LogP contribution in [-0.2, 0) is 0 Å². The summed E-state index contributed by atoms with van der Waals surface area (Å²) in [5.41, 5.74) is 8.26. The van der Waals surface area contributed by atoms with Gasteiger partial charge in [0.05, 0.1) is 0 Å². The van der Waals surface area contributed by atoms with E-state index in [2.05, 4.69) is 0 Å². The monoisotopic (exact) mass is 293 g/mol. The van der Waals surface area contributed by atoms with E-state index >= 15 is 0 Å². The Kier molecular flexibility index (Phi) is 3.40. The van der Waals surface area contributed by atoms with Crippen molar-refractivity contribution >= 4 is 23.2 Å². The van der Waals surface area contributed by atoms with E-state index in [0.717, 1.165) is 28.3 Å². The van der Waals surface area contributed by atoms with Crippen molar-refractivity contribution in [3.05, 3.63) is 63.6 Å². The van der Waals surface area contributed by atoms with Crippen molar-refractivity contribution < 1.29 is 4.74 Å². The molecule has 0 spiro atoms. The lowest BCUT2D eigenvalue weighted by Crippen LogP contribution is -2.24. The number of halogens is 2. The molecule has 0 amide bonds. The zero-order valence-electron chi connectivity index (χ0n) is 10.1. The first-order valence-electron chi connectivity index (χ1n) is 6.10. The van der Waals surface area contributed by atoms with Gasteiger partial charge < -0.3 is 10.5 Å². The minimum absolute atomic E-state index is 0.0408. The number of nitrogens with two attached hydrogens (primary N) is 1. The Bertz CT molecular complexity index is 598. The van der Waals surface area contributed by atoms with E-state index in [0.29, 0.717) is 5.02 Å². The van der Waals surface area contributed by atoms with Gasteiger partial charge in [0.15, 0.2) is 0 Å². The first-order chi connectivity index (χ1) is 9.13. The van der Waals surface area contributed by atoms with Gasteiger partial charge in [-0.25, -0.2) is 0 Å². The van der Waals surface area contributed by atoms with Gasteiger partial charge in [-0.15, -0.1) is 0 Å². The highest BCUT2D eigenvalue weighted by Gasteiger charge is 2.27. The third-order valence-electron chi connectivity index (χ3n) is 3.35. The predicted molar refractivity (Wildman–Crippen MR) is 77.8 cm³/mol. The summed E-state index contributed by atoms with van der Waals surface area (Å²) >= 11 is 11.9. The molecule has 1 unspecified atom stereocenters. The van der Waals surface area contributed by atoms with Crippen LogP contribution in [0.5, 0.6) is 5.75 Å². The van der Waals surface area contributed by atoms with Crippen molar-refractivity contribution in [1.82, 2.24) is 0 Å². The highest BCUT2D eigenvalue weighted by Crippen LogP contribution is 2.40. The van der Waals surface area contributed by atoms with Gasteiger partial charge in [0.1, 0.15) is 11.9 Å².